The van der Waals surface area contributed by atoms with Crippen LogP contribution in [-0.2, 0) is 0 Å². The van der Waals surface area contributed by atoms with Crippen molar-refractivity contribution in [2.45, 2.75) is 13.8 Å². The van der Waals surface area contributed by atoms with E-state index in [0.717, 1.165) is 24.5 Å². The van der Waals surface area contributed by atoms with Gasteiger partial charge in [0.1, 0.15) is 11.5 Å². The van der Waals surface area contributed by atoms with Crippen molar-refractivity contribution in [2.24, 2.45) is 0 Å². The lowest BCUT2D eigenvalue weighted by Crippen LogP contribution is -2.21. The molecule has 0 bridgehead atoms. The first-order valence-electron chi connectivity index (χ1n) is 8.36. The molecule has 0 aliphatic rings. The van der Waals surface area contributed by atoms with Gasteiger partial charge in [-0.1, -0.05) is 0 Å². The van der Waals surface area contributed by atoms with Gasteiger partial charge in [0.15, 0.2) is 12.6 Å². The van der Waals surface area contributed by atoms with E-state index in [1.807, 2.05) is 38.9 Å². The summed E-state index contributed by atoms with van der Waals surface area (Å²) in [4.78, 5) is 24.8. The standard InChI is InChI=1S/C11H15NO2.C9H11NO2/c1-3-12(4-2)10-6-5-9(8-13)11(14)7-10;1-10(2)8-4-3-7(6-11)9(12)5-8/h5-8,14H,3-4H2,1-2H3;3-6,12H,1-2H3. The number of nitrogens with zero attached hydrogens (tertiary/aromatic N) is 2. The first kappa shape index (κ1) is 21.0. The third-order valence-electron chi connectivity index (χ3n) is 3.93. The maximum absolute atomic E-state index is 10.5. The Morgan fingerprint density at radius 2 is 1.23 bits per heavy atom. The molecule has 0 fully saturated rings. The monoisotopic (exact) mass is 358 g/mol. The molecule has 0 aliphatic heterocycles. The van der Waals surface area contributed by atoms with Gasteiger partial charge < -0.3 is 20.0 Å². The molecule has 6 heteroatoms. The summed E-state index contributed by atoms with van der Waals surface area (Å²) >= 11 is 0. The van der Waals surface area contributed by atoms with Crippen LogP contribution in [-0.4, -0.2) is 50.0 Å². The summed E-state index contributed by atoms with van der Waals surface area (Å²) in [7, 11) is 3.74. The fourth-order valence-electron chi connectivity index (χ4n) is 2.33. The lowest BCUT2D eigenvalue weighted by Gasteiger charge is -2.21. The van der Waals surface area contributed by atoms with E-state index in [0.29, 0.717) is 23.7 Å². The fraction of sp³-hybridized carbons (Fsp3) is 0.300. The molecule has 0 saturated carbocycles. The minimum absolute atomic E-state index is 0.0243. The molecule has 0 saturated heterocycles. The molecule has 2 rings (SSSR count). The lowest BCUT2D eigenvalue weighted by molar-refractivity contribution is 0.111. The van der Waals surface area contributed by atoms with Crippen LogP contribution < -0.4 is 9.80 Å². The van der Waals surface area contributed by atoms with Gasteiger partial charge in [-0.3, -0.25) is 9.59 Å². The minimum Gasteiger partial charge on any atom is -0.507 e. The van der Waals surface area contributed by atoms with Crippen LogP contribution >= 0.6 is 0 Å². The van der Waals surface area contributed by atoms with Crippen molar-refractivity contribution in [1.82, 2.24) is 0 Å². The second kappa shape index (κ2) is 10.1. The molecule has 6 nitrogen and oxygen atoms in total. The van der Waals surface area contributed by atoms with Crippen molar-refractivity contribution in [1.29, 1.82) is 0 Å². The topological polar surface area (TPSA) is 81.1 Å². The molecule has 0 aromatic heterocycles. The normalized spacial score (nSPS) is 9.69. The van der Waals surface area contributed by atoms with Crippen LogP contribution in [0, 0.1) is 0 Å². The van der Waals surface area contributed by atoms with Crippen LogP contribution in [0.25, 0.3) is 0 Å². The Kier molecular flexibility index (Phi) is 8.15. The Hall–Kier alpha value is -3.02. The van der Waals surface area contributed by atoms with Crippen molar-refractivity contribution in [3.8, 4) is 11.5 Å². The number of hydrogen-bond donors (Lipinski definition) is 2. The highest BCUT2D eigenvalue weighted by Gasteiger charge is 2.05. The number of hydrogen-bond acceptors (Lipinski definition) is 6. The van der Waals surface area contributed by atoms with Crippen molar-refractivity contribution in [2.75, 3.05) is 37.0 Å². The van der Waals surface area contributed by atoms with Gasteiger partial charge >= 0.3 is 0 Å². The smallest absolute Gasteiger partial charge is 0.153 e. The van der Waals surface area contributed by atoms with Gasteiger partial charge in [-0.25, -0.2) is 0 Å². The highest BCUT2D eigenvalue weighted by Crippen LogP contribution is 2.23. The summed E-state index contributed by atoms with van der Waals surface area (Å²) in [6, 6.07) is 10.0. The van der Waals surface area contributed by atoms with Gasteiger partial charge in [0.05, 0.1) is 11.1 Å². The third kappa shape index (κ3) is 5.51. The Labute approximate surface area is 154 Å². The molecule has 0 atom stereocenters. The zero-order valence-corrected chi connectivity index (χ0v) is 15.6. The van der Waals surface area contributed by atoms with E-state index >= 15 is 0 Å². The van der Waals surface area contributed by atoms with Gasteiger partial charge in [0.2, 0.25) is 0 Å². The quantitative estimate of drug-likeness (QED) is 0.771. The average Bonchev–Trinajstić information content (AvgIpc) is 2.63. The molecule has 0 heterocycles. The Balaban J connectivity index is 0.000000263. The zero-order chi connectivity index (χ0) is 19.7. The summed E-state index contributed by atoms with van der Waals surface area (Å²) in [5.74, 6) is 0.0700. The van der Waals surface area contributed by atoms with E-state index in [9.17, 15) is 19.8 Å². The van der Waals surface area contributed by atoms with Gasteiger partial charge in [0.25, 0.3) is 0 Å². The molecule has 26 heavy (non-hydrogen) atoms. The van der Waals surface area contributed by atoms with Crippen molar-refractivity contribution in [3.05, 3.63) is 47.5 Å². The number of carbonyl (C=O) groups is 2. The third-order valence-corrected chi connectivity index (χ3v) is 3.93. The van der Waals surface area contributed by atoms with Gasteiger partial charge in [-0.05, 0) is 38.1 Å². The lowest BCUT2D eigenvalue weighted by atomic mass is 10.2. The largest absolute Gasteiger partial charge is 0.507 e. The molecule has 140 valence electrons. The highest BCUT2D eigenvalue weighted by molar-refractivity contribution is 5.81. The molecular formula is C20H26N2O4. The first-order chi connectivity index (χ1) is 12.4. The van der Waals surface area contributed by atoms with Gasteiger partial charge in [-0.2, -0.15) is 0 Å². The molecule has 0 amide bonds. The van der Waals surface area contributed by atoms with Crippen molar-refractivity contribution >= 4 is 23.9 Å². The predicted molar refractivity (Wildman–Crippen MR) is 105 cm³/mol. The highest BCUT2D eigenvalue weighted by atomic mass is 16.3. The molecule has 0 aliphatic carbocycles. The molecule has 2 N–H and O–H groups in total. The van der Waals surface area contributed by atoms with Crippen LogP contribution in [0.1, 0.15) is 34.6 Å². The van der Waals surface area contributed by atoms with Crippen LogP contribution in [0.15, 0.2) is 36.4 Å². The average molecular weight is 358 g/mol. The zero-order valence-electron chi connectivity index (χ0n) is 15.6. The maximum Gasteiger partial charge on any atom is 0.153 e. The second-order valence-corrected chi connectivity index (χ2v) is 5.79. The molecule has 0 radical (unpaired) electrons. The SMILES string of the molecule is CCN(CC)c1ccc(C=O)c(O)c1.CN(C)c1ccc(C=O)c(O)c1. The number of aromatic hydroxyl groups is 2. The second-order valence-electron chi connectivity index (χ2n) is 5.79. The Morgan fingerprint density at radius 3 is 1.58 bits per heavy atom. The molecule has 2 aromatic rings. The van der Waals surface area contributed by atoms with E-state index in [1.165, 1.54) is 0 Å². The van der Waals surface area contributed by atoms with E-state index in [4.69, 9.17) is 0 Å². The summed E-state index contributed by atoms with van der Waals surface area (Å²) in [5.41, 5.74) is 2.47. The summed E-state index contributed by atoms with van der Waals surface area (Å²) in [6.07, 6.45) is 1.29. The summed E-state index contributed by atoms with van der Waals surface area (Å²) < 4.78 is 0. The number of phenolic OH excluding ortho intramolecular Hbond substituents is 2. The summed E-state index contributed by atoms with van der Waals surface area (Å²) in [6.45, 7) is 5.87. The number of rotatable bonds is 6. The first-order valence-corrected chi connectivity index (χ1v) is 8.36. The number of phenols is 2. The molecule has 2 aromatic carbocycles. The predicted octanol–water partition coefficient (Wildman–Crippen LogP) is 3.32. The molecule has 0 spiro atoms. The van der Waals surface area contributed by atoms with E-state index < -0.39 is 0 Å². The Morgan fingerprint density at radius 1 is 0.808 bits per heavy atom. The van der Waals surface area contributed by atoms with E-state index in [2.05, 4.69) is 4.90 Å². The Bertz CT molecular complexity index is 741. The number of benzene rings is 2. The summed E-state index contributed by atoms with van der Waals surface area (Å²) in [5, 5.41) is 18.8. The van der Waals surface area contributed by atoms with Crippen molar-refractivity contribution in [3.63, 3.8) is 0 Å². The number of anilines is 2. The van der Waals surface area contributed by atoms with Crippen LogP contribution in [0.5, 0.6) is 11.5 Å². The maximum atomic E-state index is 10.5. The molecule has 0 unspecified atom stereocenters. The number of carbonyl (C=O) groups excluding carboxylic acids is 2. The van der Waals surface area contributed by atoms with Gasteiger partial charge in [-0.15, -0.1) is 0 Å². The van der Waals surface area contributed by atoms with Gasteiger partial charge in [0, 0.05) is 50.7 Å². The fourth-order valence-corrected chi connectivity index (χ4v) is 2.33. The molecular weight excluding hydrogens is 332 g/mol. The van der Waals surface area contributed by atoms with Crippen LogP contribution in [0.2, 0.25) is 0 Å². The van der Waals surface area contributed by atoms with Crippen molar-refractivity contribution < 1.29 is 19.8 Å². The number of aldehydes is 2. The van der Waals surface area contributed by atoms with Crippen LogP contribution in [0.3, 0.4) is 0 Å². The minimum atomic E-state index is 0.0243. The van der Waals surface area contributed by atoms with Crippen LogP contribution in [0.4, 0.5) is 11.4 Å². The van der Waals surface area contributed by atoms with E-state index in [-0.39, 0.29) is 11.5 Å². The van der Waals surface area contributed by atoms with E-state index in [1.54, 1.807) is 30.3 Å².